The number of halogens is 2. The summed E-state index contributed by atoms with van der Waals surface area (Å²) in [4.78, 5) is 1.83. The van der Waals surface area contributed by atoms with E-state index in [0.717, 1.165) is 11.6 Å². The molecule has 28 heavy (non-hydrogen) atoms. The normalized spacial score (nSPS) is 12.3. The highest BCUT2D eigenvalue weighted by Crippen LogP contribution is 2.18. The Balaban J connectivity index is 1.65. The number of ether oxygens (including phenoxy) is 1. The molecule has 0 fully saturated rings. The van der Waals surface area contributed by atoms with E-state index < -0.39 is 17.7 Å². The molecule has 0 saturated heterocycles. The highest BCUT2D eigenvalue weighted by atomic mass is 19.1. The fourth-order valence-corrected chi connectivity index (χ4v) is 2.95. The first kappa shape index (κ1) is 20.0. The number of furan rings is 1. The second-order valence-electron chi connectivity index (χ2n) is 6.72. The van der Waals surface area contributed by atoms with Crippen molar-refractivity contribution in [2.45, 2.75) is 26.1 Å². The minimum Gasteiger partial charge on any atom is -0.491 e. The summed E-state index contributed by atoms with van der Waals surface area (Å²) in [5.74, 6) is 0.166. The average Bonchev–Trinajstić information content (AvgIpc) is 3.16. The molecule has 1 atom stereocenters. The zero-order valence-electron chi connectivity index (χ0n) is 15.6. The molecular formula is C22H23F2NO3. The van der Waals surface area contributed by atoms with E-state index in [4.69, 9.17) is 9.15 Å². The third-order valence-electron chi connectivity index (χ3n) is 4.36. The molecule has 0 saturated carbocycles. The smallest absolute Gasteiger partial charge is 0.130 e. The third kappa shape index (κ3) is 5.65. The molecule has 0 aliphatic rings. The number of hydrogen-bond donors (Lipinski definition) is 1. The van der Waals surface area contributed by atoms with E-state index in [-0.39, 0.29) is 19.7 Å². The Morgan fingerprint density at radius 2 is 1.89 bits per heavy atom. The van der Waals surface area contributed by atoms with Crippen LogP contribution in [-0.4, -0.2) is 29.3 Å². The van der Waals surface area contributed by atoms with Gasteiger partial charge in [0.05, 0.1) is 12.8 Å². The van der Waals surface area contributed by atoms with Crippen molar-refractivity contribution < 1.29 is 23.0 Å². The Labute approximate surface area is 163 Å². The molecule has 0 aliphatic carbocycles. The molecule has 1 unspecified atom stereocenters. The Kier molecular flexibility index (Phi) is 6.79. The van der Waals surface area contributed by atoms with Crippen molar-refractivity contribution in [2.75, 3.05) is 13.2 Å². The van der Waals surface area contributed by atoms with Crippen molar-refractivity contribution in [3.63, 3.8) is 0 Å². The maximum Gasteiger partial charge on any atom is 0.130 e. The van der Waals surface area contributed by atoms with E-state index in [9.17, 15) is 13.9 Å². The Bertz CT molecular complexity index is 883. The Morgan fingerprint density at radius 1 is 1.07 bits per heavy atom. The zero-order chi connectivity index (χ0) is 19.9. The van der Waals surface area contributed by atoms with Crippen LogP contribution in [0.3, 0.4) is 0 Å². The Morgan fingerprint density at radius 3 is 2.61 bits per heavy atom. The maximum atomic E-state index is 14.1. The van der Waals surface area contributed by atoms with Crippen LogP contribution in [0.15, 0.2) is 65.3 Å². The predicted molar refractivity (Wildman–Crippen MR) is 102 cm³/mol. The first-order valence-electron chi connectivity index (χ1n) is 9.06. The molecule has 1 aromatic heterocycles. The molecule has 0 aliphatic heterocycles. The van der Waals surface area contributed by atoms with Crippen LogP contribution >= 0.6 is 0 Å². The summed E-state index contributed by atoms with van der Waals surface area (Å²) in [6.07, 6.45) is 0.766. The molecule has 3 aromatic rings. The van der Waals surface area contributed by atoms with Gasteiger partial charge in [-0.05, 0) is 36.8 Å². The lowest BCUT2D eigenvalue weighted by atomic mass is 10.1. The van der Waals surface area contributed by atoms with Gasteiger partial charge in [-0.2, -0.15) is 0 Å². The molecule has 0 spiro atoms. The number of benzene rings is 2. The maximum absolute atomic E-state index is 14.1. The van der Waals surface area contributed by atoms with Gasteiger partial charge < -0.3 is 14.3 Å². The van der Waals surface area contributed by atoms with Crippen LogP contribution in [-0.2, 0) is 13.1 Å². The number of nitrogens with zero attached hydrogens (tertiary/aromatic N) is 1. The lowest BCUT2D eigenvalue weighted by molar-refractivity contribution is 0.0598. The topological polar surface area (TPSA) is 45.8 Å². The zero-order valence-corrected chi connectivity index (χ0v) is 15.6. The molecule has 0 bridgehead atoms. The molecule has 1 N–H and O–H groups in total. The SMILES string of the molecule is Cc1ccccc1OCC(O)CN(Cc1ccco1)Cc1ccc(F)cc1F. The van der Waals surface area contributed by atoms with E-state index in [2.05, 4.69) is 0 Å². The van der Waals surface area contributed by atoms with E-state index in [1.807, 2.05) is 42.2 Å². The largest absolute Gasteiger partial charge is 0.491 e. The standard InChI is InChI=1S/C22H23F2NO3/c1-16-5-2-3-7-22(16)28-15-19(26)13-25(14-20-6-4-10-27-20)12-17-8-9-18(23)11-21(17)24/h2-11,19,26H,12-15H2,1H3. The second kappa shape index (κ2) is 9.48. The summed E-state index contributed by atoms with van der Waals surface area (Å²) in [5, 5.41) is 10.4. The van der Waals surface area contributed by atoms with Crippen molar-refractivity contribution in [2.24, 2.45) is 0 Å². The summed E-state index contributed by atoms with van der Waals surface area (Å²) < 4.78 is 38.3. The molecule has 0 amide bonds. The summed E-state index contributed by atoms with van der Waals surface area (Å²) in [6.45, 7) is 2.86. The summed E-state index contributed by atoms with van der Waals surface area (Å²) in [6, 6.07) is 14.6. The number of aliphatic hydroxyl groups excluding tert-OH is 1. The number of rotatable bonds is 9. The fraction of sp³-hybridized carbons (Fsp3) is 0.273. The van der Waals surface area contributed by atoms with Gasteiger partial charge >= 0.3 is 0 Å². The van der Waals surface area contributed by atoms with Gasteiger partial charge in [-0.25, -0.2) is 8.78 Å². The van der Waals surface area contributed by atoms with Gasteiger partial charge in [0.25, 0.3) is 0 Å². The minimum absolute atomic E-state index is 0.103. The van der Waals surface area contributed by atoms with Crippen LogP contribution in [0.5, 0.6) is 5.75 Å². The van der Waals surface area contributed by atoms with Crippen LogP contribution < -0.4 is 4.74 Å². The van der Waals surface area contributed by atoms with Gasteiger partial charge in [-0.15, -0.1) is 0 Å². The molecule has 3 rings (SSSR count). The summed E-state index contributed by atoms with van der Waals surface area (Å²) >= 11 is 0. The van der Waals surface area contributed by atoms with Crippen molar-refractivity contribution in [3.8, 4) is 5.75 Å². The molecule has 2 aromatic carbocycles. The molecule has 1 heterocycles. The lowest BCUT2D eigenvalue weighted by Crippen LogP contribution is -2.35. The third-order valence-corrected chi connectivity index (χ3v) is 4.36. The van der Waals surface area contributed by atoms with Crippen molar-refractivity contribution in [1.82, 2.24) is 4.90 Å². The van der Waals surface area contributed by atoms with Crippen LogP contribution in [0.4, 0.5) is 8.78 Å². The van der Waals surface area contributed by atoms with Crippen molar-refractivity contribution in [3.05, 3.63) is 89.4 Å². The molecule has 0 radical (unpaired) electrons. The van der Waals surface area contributed by atoms with Gasteiger partial charge in [0, 0.05) is 24.7 Å². The van der Waals surface area contributed by atoms with Crippen LogP contribution in [0.1, 0.15) is 16.9 Å². The minimum atomic E-state index is -0.793. The van der Waals surface area contributed by atoms with Crippen molar-refractivity contribution in [1.29, 1.82) is 0 Å². The van der Waals surface area contributed by atoms with Gasteiger partial charge in [-0.3, -0.25) is 4.90 Å². The summed E-state index contributed by atoms with van der Waals surface area (Å²) in [5.41, 5.74) is 1.33. The number of para-hydroxylation sites is 1. The number of aryl methyl sites for hydroxylation is 1. The van der Waals surface area contributed by atoms with E-state index in [0.29, 0.717) is 23.6 Å². The lowest BCUT2D eigenvalue weighted by Gasteiger charge is -2.25. The van der Waals surface area contributed by atoms with E-state index >= 15 is 0 Å². The Hall–Kier alpha value is -2.70. The van der Waals surface area contributed by atoms with Crippen LogP contribution in [0.25, 0.3) is 0 Å². The van der Waals surface area contributed by atoms with E-state index in [1.54, 1.807) is 12.3 Å². The number of aliphatic hydroxyl groups is 1. The predicted octanol–water partition coefficient (Wildman–Crippen LogP) is 4.31. The quantitative estimate of drug-likeness (QED) is 0.594. The van der Waals surface area contributed by atoms with Crippen LogP contribution in [0, 0.1) is 18.6 Å². The fourth-order valence-electron chi connectivity index (χ4n) is 2.95. The molecule has 4 nitrogen and oxygen atoms in total. The van der Waals surface area contributed by atoms with Crippen molar-refractivity contribution >= 4 is 0 Å². The van der Waals surface area contributed by atoms with Gasteiger partial charge in [0.1, 0.15) is 35.9 Å². The monoisotopic (exact) mass is 387 g/mol. The first-order valence-corrected chi connectivity index (χ1v) is 9.06. The number of hydrogen-bond acceptors (Lipinski definition) is 4. The van der Waals surface area contributed by atoms with Gasteiger partial charge in [-0.1, -0.05) is 24.3 Å². The van der Waals surface area contributed by atoms with Gasteiger partial charge in [0.2, 0.25) is 0 Å². The molecule has 6 heteroatoms. The van der Waals surface area contributed by atoms with E-state index in [1.165, 1.54) is 12.1 Å². The first-order chi connectivity index (χ1) is 13.5. The molecular weight excluding hydrogens is 364 g/mol. The highest BCUT2D eigenvalue weighted by molar-refractivity contribution is 5.31. The second-order valence-corrected chi connectivity index (χ2v) is 6.72. The average molecular weight is 387 g/mol. The molecule has 148 valence electrons. The van der Waals surface area contributed by atoms with Gasteiger partial charge in [0.15, 0.2) is 0 Å². The summed E-state index contributed by atoms with van der Waals surface area (Å²) in [7, 11) is 0. The highest BCUT2D eigenvalue weighted by Gasteiger charge is 2.17. The van der Waals surface area contributed by atoms with Crippen LogP contribution in [0.2, 0.25) is 0 Å².